The third-order valence-corrected chi connectivity index (χ3v) is 6.30. The lowest BCUT2D eigenvalue weighted by Gasteiger charge is -2.32. The van der Waals surface area contributed by atoms with Gasteiger partial charge < -0.3 is 26.9 Å². The summed E-state index contributed by atoms with van der Waals surface area (Å²) in [5, 5.41) is 21.2. The van der Waals surface area contributed by atoms with Crippen LogP contribution in [0.4, 0.5) is 11.6 Å². The first kappa shape index (κ1) is 23.9. The van der Waals surface area contributed by atoms with Gasteiger partial charge in [-0.2, -0.15) is 5.26 Å². The summed E-state index contributed by atoms with van der Waals surface area (Å²) < 4.78 is 17.4. The van der Waals surface area contributed by atoms with Crippen molar-refractivity contribution in [2.75, 3.05) is 42.7 Å². The number of hydrogen-bond donors (Lipinski definition) is 4. The maximum absolute atomic E-state index is 11.9. The van der Waals surface area contributed by atoms with Gasteiger partial charge >= 0.3 is 0 Å². The molecule has 1 aliphatic rings. The first-order valence-corrected chi connectivity index (χ1v) is 11.9. The van der Waals surface area contributed by atoms with E-state index in [0.29, 0.717) is 61.1 Å². The second-order valence-corrected chi connectivity index (χ2v) is 8.98. The zero-order valence-electron chi connectivity index (χ0n) is 16.8. The van der Waals surface area contributed by atoms with Crippen LogP contribution in [0.1, 0.15) is 24.0 Å². The monoisotopic (exact) mass is 449 g/mol. The molecule has 30 heavy (non-hydrogen) atoms. The molecule has 0 bridgehead atoms. The third-order valence-electron chi connectivity index (χ3n) is 4.74. The third kappa shape index (κ3) is 6.08. The topological polar surface area (TPSA) is 163 Å². The van der Waals surface area contributed by atoms with Gasteiger partial charge in [-0.1, -0.05) is 0 Å². The number of aromatic nitrogens is 1. The maximum atomic E-state index is 11.9. The molecular weight excluding hydrogens is 421 g/mol. The van der Waals surface area contributed by atoms with Gasteiger partial charge in [0.2, 0.25) is 0 Å². The molecule has 11 heteroatoms. The number of hydrogen-bond acceptors (Lipinski definition) is 8. The molecule has 2 heterocycles. The van der Waals surface area contributed by atoms with Crippen molar-refractivity contribution in [3.63, 3.8) is 0 Å². The Kier molecular flexibility index (Phi) is 9.37. The number of nitrogens with two attached hydrogens (primary N) is 2. The highest BCUT2D eigenvalue weighted by Gasteiger charge is 2.39. The van der Waals surface area contributed by atoms with E-state index in [1.54, 1.807) is 6.07 Å². The average Bonchev–Trinajstić information content (AvgIpc) is 2.74. The van der Waals surface area contributed by atoms with E-state index in [9.17, 15) is 9.47 Å². The molecule has 0 amide bonds. The smallest absolute Gasteiger partial charge is 0.165 e. The summed E-state index contributed by atoms with van der Waals surface area (Å²) in [6, 6.07) is 4.19. The minimum atomic E-state index is -0.930. The van der Waals surface area contributed by atoms with Crippen LogP contribution in [0.15, 0.2) is 23.3 Å². The van der Waals surface area contributed by atoms with Crippen molar-refractivity contribution in [2.45, 2.75) is 18.3 Å². The zero-order valence-corrected chi connectivity index (χ0v) is 18.7. The molecule has 0 radical (unpaired) electrons. The van der Waals surface area contributed by atoms with E-state index in [2.05, 4.69) is 30.6 Å². The molecule has 1 aromatic rings. The first-order chi connectivity index (χ1) is 14.5. The van der Waals surface area contributed by atoms with E-state index in [1.165, 1.54) is 12.3 Å². The molecule has 1 unspecified atom stereocenters. The van der Waals surface area contributed by atoms with Crippen LogP contribution >= 0.6 is 9.24 Å². The Hall–Kier alpha value is -2.34. The Morgan fingerprint density at radius 2 is 2.23 bits per heavy atom. The van der Waals surface area contributed by atoms with Crippen molar-refractivity contribution in [1.82, 2.24) is 4.98 Å². The molecule has 1 atom stereocenters. The SMILES string of the molecule is N#CC1(c2cc(NCCOCCP)nc(N=C(N)/C=C\N)c2C=N)CCS(=O)CC1. The van der Waals surface area contributed by atoms with Gasteiger partial charge in [-0.05, 0) is 42.9 Å². The highest BCUT2D eigenvalue weighted by molar-refractivity contribution is 7.85. The van der Waals surface area contributed by atoms with Crippen molar-refractivity contribution in [3.05, 3.63) is 29.5 Å². The van der Waals surface area contributed by atoms with E-state index in [1.807, 2.05) is 0 Å². The Morgan fingerprint density at radius 1 is 1.50 bits per heavy atom. The summed E-state index contributed by atoms with van der Waals surface area (Å²) in [5.74, 6) is 1.75. The summed E-state index contributed by atoms with van der Waals surface area (Å²) in [4.78, 5) is 8.78. The lowest BCUT2D eigenvalue weighted by atomic mass is 9.75. The Bertz CT molecular complexity index is 872. The average molecular weight is 450 g/mol. The van der Waals surface area contributed by atoms with Crippen molar-refractivity contribution in [2.24, 2.45) is 16.5 Å². The van der Waals surface area contributed by atoms with E-state index in [-0.39, 0.29) is 11.7 Å². The molecule has 2 rings (SSSR count). The summed E-state index contributed by atoms with van der Waals surface area (Å²) in [7, 11) is 1.67. The Morgan fingerprint density at radius 3 is 2.83 bits per heavy atom. The van der Waals surface area contributed by atoms with Gasteiger partial charge in [0, 0.05) is 40.6 Å². The predicted octanol–water partition coefficient (Wildman–Crippen LogP) is 1.15. The standard InChI is InChI=1S/C19H28N7O2PS/c20-4-1-16(23)25-18-14(12-21)15(19(13-22)2-9-30(27)10-3-19)11-17(26-18)24-5-6-28-7-8-29/h1,4,11-12,21H,2-3,5-10,20,29H2,(H3,23,24,25,26)/b4-1-,21-12?. The molecule has 0 spiro atoms. The number of anilines is 1. The van der Waals surface area contributed by atoms with Gasteiger partial charge in [0.05, 0.1) is 24.7 Å². The molecule has 1 aliphatic heterocycles. The van der Waals surface area contributed by atoms with Crippen LogP contribution in [0.3, 0.4) is 0 Å². The van der Waals surface area contributed by atoms with Gasteiger partial charge in [0.25, 0.3) is 0 Å². The molecule has 6 N–H and O–H groups in total. The zero-order chi connectivity index (χ0) is 22.0. The fraction of sp³-hybridized carbons (Fsp3) is 0.474. The quantitative estimate of drug-likeness (QED) is 0.180. The lowest BCUT2D eigenvalue weighted by molar-refractivity contribution is 0.160. The van der Waals surface area contributed by atoms with Crippen LogP contribution in [0, 0.1) is 16.7 Å². The number of ether oxygens (including phenoxy) is 1. The van der Waals surface area contributed by atoms with Gasteiger partial charge in [0.1, 0.15) is 11.7 Å². The highest BCUT2D eigenvalue weighted by Crippen LogP contribution is 2.39. The van der Waals surface area contributed by atoms with Crippen molar-refractivity contribution >= 4 is 43.7 Å². The molecule has 0 aliphatic carbocycles. The number of nitriles is 1. The Balaban J connectivity index is 2.50. The minimum Gasteiger partial charge on any atom is -0.404 e. The summed E-state index contributed by atoms with van der Waals surface area (Å²) in [6.45, 7) is 1.66. The second kappa shape index (κ2) is 11.7. The predicted molar refractivity (Wildman–Crippen MR) is 125 cm³/mol. The van der Waals surface area contributed by atoms with Crippen LogP contribution in [-0.2, 0) is 21.0 Å². The van der Waals surface area contributed by atoms with Crippen molar-refractivity contribution in [3.8, 4) is 6.07 Å². The largest absolute Gasteiger partial charge is 0.404 e. The number of pyridine rings is 1. The van der Waals surface area contributed by atoms with Crippen LogP contribution < -0.4 is 16.8 Å². The second-order valence-electron chi connectivity index (χ2n) is 6.70. The van der Waals surface area contributed by atoms with Gasteiger partial charge in [0.15, 0.2) is 5.82 Å². The van der Waals surface area contributed by atoms with E-state index in [4.69, 9.17) is 21.6 Å². The Labute approximate surface area is 181 Å². The molecule has 0 aromatic carbocycles. The highest BCUT2D eigenvalue weighted by atomic mass is 32.2. The van der Waals surface area contributed by atoms with Gasteiger partial charge in [-0.15, -0.1) is 9.24 Å². The van der Waals surface area contributed by atoms with Gasteiger partial charge in [-0.3, -0.25) is 4.21 Å². The van der Waals surface area contributed by atoms with E-state index in [0.717, 1.165) is 12.4 Å². The first-order valence-electron chi connectivity index (χ1n) is 9.56. The number of amidine groups is 1. The summed E-state index contributed by atoms with van der Waals surface area (Å²) >= 11 is 0. The van der Waals surface area contributed by atoms with Crippen LogP contribution in [0.25, 0.3) is 0 Å². The van der Waals surface area contributed by atoms with Gasteiger partial charge in [-0.25, -0.2) is 9.98 Å². The van der Waals surface area contributed by atoms with Crippen LogP contribution in [-0.4, -0.2) is 58.7 Å². The molecule has 9 nitrogen and oxygen atoms in total. The fourth-order valence-electron chi connectivity index (χ4n) is 3.19. The van der Waals surface area contributed by atoms with Crippen molar-refractivity contribution in [1.29, 1.82) is 10.7 Å². The van der Waals surface area contributed by atoms with E-state index >= 15 is 0 Å². The molecular formula is C19H28N7O2PS. The molecule has 1 fully saturated rings. The number of nitrogens with zero attached hydrogens (tertiary/aromatic N) is 3. The number of rotatable bonds is 10. The van der Waals surface area contributed by atoms with Crippen LogP contribution in [0.5, 0.6) is 0 Å². The molecule has 0 saturated carbocycles. The van der Waals surface area contributed by atoms with Crippen molar-refractivity contribution < 1.29 is 8.95 Å². The normalized spacial score (nSPS) is 22.0. The molecule has 162 valence electrons. The molecule has 1 saturated heterocycles. The van der Waals surface area contributed by atoms with Crippen LogP contribution in [0.2, 0.25) is 0 Å². The lowest BCUT2D eigenvalue weighted by Crippen LogP contribution is -2.34. The summed E-state index contributed by atoms with van der Waals surface area (Å²) in [5.41, 5.74) is 11.5. The number of nitrogens with one attached hydrogen (secondary N) is 2. The number of aliphatic imine (C=N–C) groups is 1. The van der Waals surface area contributed by atoms with E-state index < -0.39 is 16.2 Å². The fourth-order valence-corrected chi connectivity index (χ4v) is 4.72. The minimum absolute atomic E-state index is 0.135. The molecule has 1 aromatic heterocycles. The summed E-state index contributed by atoms with van der Waals surface area (Å²) in [6.07, 6.45) is 5.57. The maximum Gasteiger partial charge on any atom is 0.165 e.